The molecule has 30 heavy (non-hydrogen) atoms. The fourth-order valence-electron chi connectivity index (χ4n) is 3.75. The van der Waals surface area contributed by atoms with E-state index in [9.17, 15) is 0 Å². The Labute approximate surface area is 176 Å². The number of aryl methyl sites for hydroxylation is 1. The van der Waals surface area contributed by atoms with E-state index in [0.29, 0.717) is 0 Å². The van der Waals surface area contributed by atoms with Gasteiger partial charge in [-0.25, -0.2) is 9.97 Å². The van der Waals surface area contributed by atoms with Crippen molar-refractivity contribution in [3.05, 3.63) is 48.4 Å². The second-order valence-electron chi connectivity index (χ2n) is 7.38. The molecule has 9 heteroatoms. The van der Waals surface area contributed by atoms with Crippen molar-refractivity contribution in [2.75, 3.05) is 51.6 Å². The number of rotatable bonds is 6. The largest absolute Gasteiger partial charge is 0.368 e. The van der Waals surface area contributed by atoms with Crippen molar-refractivity contribution in [3.8, 4) is 0 Å². The second kappa shape index (κ2) is 9.53. The van der Waals surface area contributed by atoms with Gasteiger partial charge >= 0.3 is 0 Å². The third kappa shape index (κ3) is 4.68. The molecule has 1 aliphatic heterocycles. The third-order valence-electron chi connectivity index (χ3n) is 5.36. The molecule has 1 fully saturated rings. The van der Waals surface area contributed by atoms with E-state index >= 15 is 0 Å². The lowest BCUT2D eigenvalue weighted by molar-refractivity contribution is 0.172. The topological polar surface area (TPSA) is 86.5 Å². The molecule has 2 aromatic heterocycles. The molecule has 0 atom stereocenters. The Balaban J connectivity index is 1.22. The number of piperazine rings is 1. The summed E-state index contributed by atoms with van der Waals surface area (Å²) < 4.78 is 1.75. The quantitative estimate of drug-likeness (QED) is 0.360. The number of benzene rings is 1. The van der Waals surface area contributed by atoms with Crippen molar-refractivity contribution in [1.82, 2.24) is 34.9 Å². The standard InChI is InChI=1S/C21H29N9/c1-22-21(30-12-10-29(11-13-30)15-17-6-4-3-5-7-17)24-9-8-23-19-18-14-27-28(2)20(18)26-16-25-19/h3-7,14,16H,8-13,15H2,1-2H3,(H,22,24)(H,23,25,26). The van der Waals surface area contributed by atoms with Crippen LogP contribution in [0.3, 0.4) is 0 Å². The maximum Gasteiger partial charge on any atom is 0.193 e. The van der Waals surface area contributed by atoms with Gasteiger partial charge in [0.2, 0.25) is 0 Å². The Morgan fingerprint density at radius 1 is 1.07 bits per heavy atom. The monoisotopic (exact) mass is 407 g/mol. The van der Waals surface area contributed by atoms with Crippen molar-refractivity contribution in [1.29, 1.82) is 0 Å². The highest BCUT2D eigenvalue weighted by atomic mass is 15.3. The molecular formula is C21H29N9. The number of hydrogen-bond donors (Lipinski definition) is 2. The van der Waals surface area contributed by atoms with E-state index < -0.39 is 0 Å². The molecule has 3 aromatic rings. The summed E-state index contributed by atoms with van der Waals surface area (Å²) in [7, 11) is 3.72. The van der Waals surface area contributed by atoms with Gasteiger partial charge in [0.05, 0.1) is 11.6 Å². The van der Waals surface area contributed by atoms with E-state index in [1.54, 1.807) is 17.2 Å². The summed E-state index contributed by atoms with van der Waals surface area (Å²) in [5.41, 5.74) is 2.19. The van der Waals surface area contributed by atoms with Gasteiger partial charge in [-0.15, -0.1) is 0 Å². The highest BCUT2D eigenvalue weighted by Gasteiger charge is 2.19. The number of anilines is 1. The summed E-state index contributed by atoms with van der Waals surface area (Å²) in [6.45, 7) is 6.51. The summed E-state index contributed by atoms with van der Waals surface area (Å²) >= 11 is 0. The van der Waals surface area contributed by atoms with Crippen LogP contribution in [-0.2, 0) is 13.6 Å². The molecule has 0 radical (unpaired) electrons. The second-order valence-corrected chi connectivity index (χ2v) is 7.38. The van der Waals surface area contributed by atoms with Gasteiger partial charge in [0.1, 0.15) is 12.1 Å². The Kier molecular flexibility index (Phi) is 6.38. The summed E-state index contributed by atoms with van der Waals surface area (Å²) in [4.78, 5) is 17.9. The van der Waals surface area contributed by atoms with Crippen LogP contribution in [0.5, 0.6) is 0 Å². The first-order chi connectivity index (χ1) is 14.7. The maximum absolute atomic E-state index is 4.46. The van der Waals surface area contributed by atoms with Gasteiger partial charge in [-0.3, -0.25) is 14.6 Å². The molecular weight excluding hydrogens is 378 g/mol. The molecule has 4 rings (SSSR count). The van der Waals surface area contributed by atoms with Crippen molar-refractivity contribution < 1.29 is 0 Å². The highest BCUT2D eigenvalue weighted by molar-refractivity contribution is 5.86. The Morgan fingerprint density at radius 3 is 2.63 bits per heavy atom. The van der Waals surface area contributed by atoms with E-state index in [2.05, 4.69) is 70.8 Å². The Bertz CT molecular complexity index is 975. The Hall–Kier alpha value is -3.20. The van der Waals surface area contributed by atoms with Crippen molar-refractivity contribution in [3.63, 3.8) is 0 Å². The minimum absolute atomic E-state index is 0.730. The number of aliphatic imine (C=N–C) groups is 1. The van der Waals surface area contributed by atoms with Crippen LogP contribution < -0.4 is 10.6 Å². The smallest absolute Gasteiger partial charge is 0.193 e. The van der Waals surface area contributed by atoms with Crippen molar-refractivity contribution in [2.45, 2.75) is 6.54 Å². The first-order valence-electron chi connectivity index (χ1n) is 10.3. The third-order valence-corrected chi connectivity index (χ3v) is 5.36. The van der Waals surface area contributed by atoms with Crippen LogP contribution in [-0.4, -0.2) is 81.8 Å². The van der Waals surface area contributed by atoms with E-state index in [0.717, 1.165) is 68.6 Å². The number of nitrogens with one attached hydrogen (secondary N) is 2. The van der Waals surface area contributed by atoms with Gasteiger partial charge in [-0.1, -0.05) is 30.3 Å². The molecule has 0 bridgehead atoms. The van der Waals surface area contributed by atoms with Gasteiger partial charge in [0.25, 0.3) is 0 Å². The number of nitrogens with zero attached hydrogens (tertiary/aromatic N) is 7. The van der Waals surface area contributed by atoms with Gasteiger partial charge in [0.15, 0.2) is 11.6 Å². The van der Waals surface area contributed by atoms with Crippen molar-refractivity contribution in [2.24, 2.45) is 12.0 Å². The zero-order chi connectivity index (χ0) is 20.8. The van der Waals surface area contributed by atoms with Gasteiger partial charge < -0.3 is 15.5 Å². The first kappa shape index (κ1) is 20.1. The molecule has 9 nitrogen and oxygen atoms in total. The molecule has 1 aliphatic rings. The van der Waals surface area contributed by atoms with Crippen LogP contribution in [0.1, 0.15) is 5.56 Å². The zero-order valence-electron chi connectivity index (χ0n) is 17.6. The van der Waals surface area contributed by atoms with E-state index in [4.69, 9.17) is 0 Å². The van der Waals surface area contributed by atoms with Crippen LogP contribution in [0.15, 0.2) is 47.8 Å². The van der Waals surface area contributed by atoms with Crippen LogP contribution in [0.25, 0.3) is 11.0 Å². The number of aromatic nitrogens is 4. The SMILES string of the molecule is CN=C(NCCNc1ncnc2c1cnn2C)N1CCN(Cc2ccccc2)CC1. The fraction of sp³-hybridized carbons (Fsp3) is 0.429. The van der Waals surface area contributed by atoms with Crippen LogP contribution >= 0.6 is 0 Å². The summed E-state index contributed by atoms with van der Waals surface area (Å²) in [5, 5.41) is 12.0. The average Bonchev–Trinajstić information content (AvgIpc) is 3.17. The molecule has 1 saturated heterocycles. The molecule has 1 aromatic carbocycles. The van der Waals surface area contributed by atoms with Gasteiger partial charge in [-0.05, 0) is 5.56 Å². The average molecular weight is 408 g/mol. The van der Waals surface area contributed by atoms with Crippen LogP contribution in [0.2, 0.25) is 0 Å². The molecule has 0 unspecified atom stereocenters. The van der Waals surface area contributed by atoms with E-state index in [-0.39, 0.29) is 0 Å². The van der Waals surface area contributed by atoms with Gasteiger partial charge in [0, 0.05) is 59.9 Å². The van der Waals surface area contributed by atoms with Crippen molar-refractivity contribution >= 4 is 22.8 Å². The van der Waals surface area contributed by atoms with E-state index in [1.165, 1.54) is 5.56 Å². The predicted octanol–water partition coefficient (Wildman–Crippen LogP) is 1.17. The van der Waals surface area contributed by atoms with E-state index in [1.807, 2.05) is 14.1 Å². The molecule has 2 N–H and O–H groups in total. The molecule has 0 aliphatic carbocycles. The lowest BCUT2D eigenvalue weighted by Crippen LogP contribution is -2.52. The molecule has 0 spiro atoms. The fourth-order valence-corrected chi connectivity index (χ4v) is 3.75. The molecule has 3 heterocycles. The molecule has 158 valence electrons. The molecule has 0 amide bonds. The van der Waals surface area contributed by atoms with Gasteiger partial charge in [-0.2, -0.15) is 5.10 Å². The lowest BCUT2D eigenvalue weighted by atomic mass is 10.2. The predicted molar refractivity (Wildman–Crippen MR) is 119 cm³/mol. The minimum Gasteiger partial charge on any atom is -0.368 e. The summed E-state index contributed by atoms with van der Waals surface area (Å²) in [6.07, 6.45) is 3.35. The first-order valence-corrected chi connectivity index (χ1v) is 10.3. The number of guanidine groups is 1. The van der Waals surface area contributed by atoms with Crippen LogP contribution in [0.4, 0.5) is 5.82 Å². The number of fused-ring (bicyclic) bond motifs is 1. The lowest BCUT2D eigenvalue weighted by Gasteiger charge is -2.36. The highest BCUT2D eigenvalue weighted by Crippen LogP contribution is 2.17. The Morgan fingerprint density at radius 2 is 1.87 bits per heavy atom. The maximum atomic E-state index is 4.46. The minimum atomic E-state index is 0.730. The molecule has 0 saturated carbocycles. The summed E-state index contributed by atoms with van der Waals surface area (Å²) in [5.74, 6) is 1.75. The normalized spacial score (nSPS) is 15.5. The van der Waals surface area contributed by atoms with Crippen LogP contribution in [0, 0.1) is 0 Å². The number of hydrogen-bond acceptors (Lipinski definition) is 6. The zero-order valence-corrected chi connectivity index (χ0v) is 17.6. The summed E-state index contributed by atoms with van der Waals surface area (Å²) in [6, 6.07) is 10.7.